The van der Waals surface area contributed by atoms with Crippen LogP contribution in [0.1, 0.15) is 39.8 Å². The minimum Gasteiger partial charge on any atom is -0.741 e. The van der Waals surface area contributed by atoms with Crippen LogP contribution in [0, 0.1) is 11.8 Å². The molecule has 0 fully saturated rings. The van der Waals surface area contributed by atoms with Crippen molar-refractivity contribution < 1.29 is 40.2 Å². The second-order valence-electron chi connectivity index (χ2n) is 9.80. The zero-order valence-electron chi connectivity index (χ0n) is 21.4. The molecule has 1 aromatic heterocycles. The third-order valence-electron chi connectivity index (χ3n) is 6.55. The summed E-state index contributed by atoms with van der Waals surface area (Å²) >= 11 is 0. The fourth-order valence-electron chi connectivity index (χ4n) is 4.57. The summed E-state index contributed by atoms with van der Waals surface area (Å²) in [6.07, 6.45) is 0. The van der Waals surface area contributed by atoms with Crippen LogP contribution >= 0.6 is 7.92 Å². The maximum absolute atomic E-state index is 10.7. The molecule has 0 aliphatic carbocycles. The lowest BCUT2D eigenvalue weighted by atomic mass is 10.1. The minimum absolute atomic E-state index is 0.321. The molecule has 2 aromatic carbocycles. The van der Waals surface area contributed by atoms with Crippen LogP contribution in [-0.2, 0) is 10.1 Å². The molecule has 2 aliphatic heterocycles. The zero-order chi connectivity index (χ0) is 27.8. The Labute approximate surface area is 221 Å². The van der Waals surface area contributed by atoms with Gasteiger partial charge in [-0.15, -0.1) is 0 Å². The first kappa shape index (κ1) is 28.4. The second-order valence-corrected chi connectivity index (χ2v) is 13.3. The molecule has 0 spiro atoms. The van der Waals surface area contributed by atoms with Crippen LogP contribution in [0.4, 0.5) is 13.2 Å². The third kappa shape index (κ3) is 5.42. The van der Waals surface area contributed by atoms with Crippen molar-refractivity contribution in [2.45, 2.75) is 45.3 Å². The maximum Gasteiger partial charge on any atom is 0.485 e. The Morgan fingerprint density at radius 3 is 1.84 bits per heavy atom. The van der Waals surface area contributed by atoms with Crippen molar-refractivity contribution in [2.24, 2.45) is 11.8 Å². The molecule has 206 valence electrons. The topological polar surface area (TPSA) is 84.5 Å². The summed E-state index contributed by atoms with van der Waals surface area (Å²) in [5.74, 6) is 2.82. The molecule has 7 nitrogen and oxygen atoms in total. The second kappa shape index (κ2) is 10.9. The van der Waals surface area contributed by atoms with E-state index in [4.69, 9.17) is 22.4 Å². The van der Waals surface area contributed by atoms with E-state index in [2.05, 4.69) is 97.5 Å². The number of rotatable bonds is 5. The smallest absolute Gasteiger partial charge is 0.485 e. The van der Waals surface area contributed by atoms with Gasteiger partial charge in [0.25, 0.3) is 5.57 Å². The molecule has 12 heteroatoms. The zero-order valence-corrected chi connectivity index (χ0v) is 23.1. The summed E-state index contributed by atoms with van der Waals surface area (Å²) in [7, 11) is -6.84. The van der Waals surface area contributed by atoms with Gasteiger partial charge in [0.1, 0.15) is 25.3 Å². The maximum atomic E-state index is 10.7. The fourth-order valence-corrected chi connectivity index (χ4v) is 7.18. The summed E-state index contributed by atoms with van der Waals surface area (Å²) in [4.78, 5) is 0. The highest BCUT2D eigenvalue weighted by atomic mass is 32.2. The Bertz CT molecular complexity index is 1280. The molecule has 0 bridgehead atoms. The van der Waals surface area contributed by atoms with Crippen molar-refractivity contribution in [1.82, 2.24) is 4.57 Å². The van der Waals surface area contributed by atoms with E-state index >= 15 is 0 Å². The van der Waals surface area contributed by atoms with Gasteiger partial charge in [0.2, 0.25) is 0 Å². The van der Waals surface area contributed by atoms with Crippen molar-refractivity contribution in [1.29, 1.82) is 0 Å². The van der Waals surface area contributed by atoms with Crippen LogP contribution in [0.3, 0.4) is 0 Å². The van der Waals surface area contributed by atoms with E-state index in [0.717, 1.165) is 25.0 Å². The van der Waals surface area contributed by atoms with Crippen LogP contribution in [0.2, 0.25) is 0 Å². The van der Waals surface area contributed by atoms with E-state index in [9.17, 15) is 13.2 Å². The Morgan fingerprint density at radius 1 is 0.921 bits per heavy atom. The van der Waals surface area contributed by atoms with Crippen molar-refractivity contribution >= 4 is 34.2 Å². The molecular weight excluding hydrogens is 540 g/mol. The lowest BCUT2D eigenvalue weighted by Gasteiger charge is -2.21. The Kier molecular flexibility index (Phi) is 8.12. The van der Waals surface area contributed by atoms with Crippen LogP contribution in [0.5, 0.6) is 11.8 Å². The normalized spacial score (nSPS) is 18.6. The number of fused-ring (bicyclic) bond motifs is 3. The standard InChI is InChI=1S/C25H30N2O2P.CHF3O3S/c1-17(2)21-15-28-23-24-27(22(16-29-24)18(3)4)25(26(21)23)30(19-11-7-5-8-12-19)20-13-9-6-10-14-20;2-1(3,4)8(5,6)7/h5-14,17-18,21-22H,15-16H2,1-4H3;(H,5,6,7)/q+1;/p-1/t21-,22-;/m1./s1. The van der Waals surface area contributed by atoms with Gasteiger partial charge in [-0.2, -0.15) is 22.3 Å². The Hall–Kier alpha value is -2.62. The van der Waals surface area contributed by atoms with Gasteiger partial charge >= 0.3 is 17.3 Å². The number of nitrogens with zero attached hydrogens (tertiary/aromatic N) is 2. The summed E-state index contributed by atoms with van der Waals surface area (Å²) in [6, 6.07) is 22.5. The summed E-state index contributed by atoms with van der Waals surface area (Å²) in [6.45, 7) is 10.6. The van der Waals surface area contributed by atoms with Gasteiger partial charge in [-0.05, 0) is 22.4 Å². The molecule has 0 unspecified atom stereocenters. The van der Waals surface area contributed by atoms with Gasteiger partial charge in [0.05, 0.1) is 7.92 Å². The average Bonchev–Trinajstić information content (AvgIpc) is 3.53. The van der Waals surface area contributed by atoms with E-state index in [1.807, 2.05) is 0 Å². The number of ether oxygens (including phenoxy) is 2. The molecule has 2 atom stereocenters. The Balaban J connectivity index is 0.000000368. The summed E-state index contributed by atoms with van der Waals surface area (Å²) in [5, 5.41) is 2.72. The van der Waals surface area contributed by atoms with Crippen LogP contribution < -0.4 is 30.2 Å². The van der Waals surface area contributed by atoms with Crippen LogP contribution in [-0.4, -0.2) is 36.3 Å². The largest absolute Gasteiger partial charge is 0.741 e. The number of hydrogen-bond acceptors (Lipinski definition) is 5. The molecule has 0 radical (unpaired) electrons. The summed E-state index contributed by atoms with van der Waals surface area (Å²) < 4.78 is 76.4. The van der Waals surface area contributed by atoms with E-state index < -0.39 is 23.5 Å². The fraction of sp³-hybridized carbons (Fsp3) is 0.423. The van der Waals surface area contributed by atoms with Gasteiger partial charge < -0.3 is 14.0 Å². The molecule has 3 aromatic rings. The number of halogens is 3. The number of hydrogen-bond donors (Lipinski definition) is 0. The first-order chi connectivity index (χ1) is 17.8. The third-order valence-corrected chi connectivity index (χ3v) is 9.57. The van der Waals surface area contributed by atoms with E-state index in [-0.39, 0.29) is 0 Å². The number of benzene rings is 2. The number of imidazole rings is 1. The molecule has 0 saturated heterocycles. The Morgan fingerprint density at radius 2 is 1.42 bits per heavy atom. The molecule has 2 aliphatic rings. The molecular formula is C26H30F3N2O5PS. The van der Waals surface area contributed by atoms with Crippen LogP contribution in [0.25, 0.3) is 0 Å². The van der Waals surface area contributed by atoms with Crippen molar-refractivity contribution in [2.75, 3.05) is 13.2 Å². The van der Waals surface area contributed by atoms with E-state index in [1.165, 1.54) is 16.2 Å². The molecule has 0 amide bonds. The van der Waals surface area contributed by atoms with E-state index in [1.54, 1.807) is 0 Å². The number of alkyl halides is 3. The lowest BCUT2D eigenvalue weighted by molar-refractivity contribution is -0.693. The summed E-state index contributed by atoms with van der Waals surface area (Å²) in [5.41, 5.74) is -4.30. The van der Waals surface area contributed by atoms with Crippen molar-refractivity contribution in [3.05, 3.63) is 60.7 Å². The molecule has 0 saturated carbocycles. The molecule has 38 heavy (non-hydrogen) atoms. The first-order valence-electron chi connectivity index (χ1n) is 12.2. The molecule has 0 N–H and O–H groups in total. The predicted octanol–water partition coefficient (Wildman–Crippen LogP) is 3.76. The first-order valence-corrected chi connectivity index (χ1v) is 15.0. The predicted molar refractivity (Wildman–Crippen MR) is 138 cm³/mol. The highest BCUT2D eigenvalue weighted by Gasteiger charge is 2.52. The van der Waals surface area contributed by atoms with Gasteiger partial charge in [-0.1, -0.05) is 88.4 Å². The van der Waals surface area contributed by atoms with Crippen LogP contribution in [0.15, 0.2) is 60.7 Å². The van der Waals surface area contributed by atoms with E-state index in [0.29, 0.717) is 23.9 Å². The van der Waals surface area contributed by atoms with Crippen molar-refractivity contribution in [3.63, 3.8) is 0 Å². The van der Waals surface area contributed by atoms with Gasteiger partial charge in [-0.25, -0.2) is 8.42 Å². The molecule has 3 heterocycles. The van der Waals surface area contributed by atoms with Gasteiger partial charge in [0.15, 0.2) is 10.1 Å². The molecule has 5 rings (SSSR count). The quantitative estimate of drug-likeness (QED) is 0.202. The van der Waals surface area contributed by atoms with Gasteiger partial charge in [0, 0.05) is 0 Å². The lowest BCUT2D eigenvalue weighted by Crippen LogP contribution is -2.54. The highest BCUT2D eigenvalue weighted by Crippen LogP contribution is 2.45. The SMILES string of the molecule is CC(C)[C@H]1COc2c3[n+](c(P(c4ccccc4)c4ccccc4)n21)[C@@H](C(C)C)CO3.O=S(=O)([O-])C(F)(F)F. The average molecular weight is 571 g/mol. The van der Waals surface area contributed by atoms with Gasteiger partial charge in [-0.3, -0.25) is 0 Å². The number of aromatic nitrogens is 2. The monoisotopic (exact) mass is 570 g/mol. The highest BCUT2D eigenvalue weighted by molar-refractivity contribution is 7.86. The minimum atomic E-state index is -6.09. The van der Waals surface area contributed by atoms with Crippen molar-refractivity contribution in [3.8, 4) is 11.8 Å².